The van der Waals surface area contributed by atoms with E-state index >= 15 is 0 Å². The van der Waals surface area contributed by atoms with Crippen LogP contribution in [0.3, 0.4) is 0 Å². The Morgan fingerprint density at radius 2 is 1.74 bits per heavy atom. The predicted octanol–water partition coefficient (Wildman–Crippen LogP) is 3.57. The standard InChI is InChI=1S/C24H30N4O3/c1-31-21-10-4-3-9-20(21)26-23(29)18-11-16-28(17-12-18)24(30)19-8-7-13-25-22(19)27-14-5-2-6-15-27/h3-4,7-10,13,18H,2,5-6,11-12,14-17H2,1H3,(H,26,29). The van der Waals surface area contributed by atoms with Gasteiger partial charge < -0.3 is 19.9 Å². The van der Waals surface area contributed by atoms with Crippen molar-refractivity contribution >= 4 is 23.3 Å². The van der Waals surface area contributed by atoms with Crippen molar-refractivity contribution in [2.75, 3.05) is 43.5 Å². The zero-order chi connectivity index (χ0) is 21.6. The van der Waals surface area contributed by atoms with Gasteiger partial charge >= 0.3 is 0 Å². The van der Waals surface area contributed by atoms with E-state index in [0.717, 1.165) is 31.7 Å². The van der Waals surface area contributed by atoms with Gasteiger partial charge in [-0.25, -0.2) is 4.98 Å². The highest BCUT2D eigenvalue weighted by Gasteiger charge is 2.30. The minimum Gasteiger partial charge on any atom is -0.495 e. The number of carbonyl (C=O) groups is 2. The van der Waals surface area contributed by atoms with Gasteiger partial charge in [-0.05, 0) is 56.4 Å². The van der Waals surface area contributed by atoms with E-state index in [1.165, 1.54) is 6.42 Å². The highest BCUT2D eigenvalue weighted by atomic mass is 16.5. The number of hydrogen-bond donors (Lipinski definition) is 1. The lowest BCUT2D eigenvalue weighted by Crippen LogP contribution is -2.42. The molecule has 7 heteroatoms. The lowest BCUT2D eigenvalue weighted by molar-refractivity contribution is -0.121. The molecular formula is C24H30N4O3. The van der Waals surface area contributed by atoms with Gasteiger partial charge in [0.2, 0.25) is 5.91 Å². The van der Waals surface area contributed by atoms with Crippen LogP contribution in [0, 0.1) is 5.92 Å². The molecule has 164 valence electrons. The first kappa shape index (κ1) is 21.2. The lowest BCUT2D eigenvalue weighted by Gasteiger charge is -2.33. The Bertz CT molecular complexity index is 919. The van der Waals surface area contributed by atoms with Gasteiger partial charge in [0.05, 0.1) is 18.4 Å². The molecule has 1 aromatic heterocycles. The smallest absolute Gasteiger partial charge is 0.257 e. The molecule has 3 heterocycles. The summed E-state index contributed by atoms with van der Waals surface area (Å²) in [5, 5.41) is 2.97. The molecule has 0 atom stereocenters. The highest BCUT2D eigenvalue weighted by Crippen LogP contribution is 2.28. The summed E-state index contributed by atoms with van der Waals surface area (Å²) in [7, 11) is 1.59. The highest BCUT2D eigenvalue weighted by molar-refractivity contribution is 5.99. The number of methoxy groups -OCH3 is 1. The van der Waals surface area contributed by atoms with E-state index in [2.05, 4.69) is 15.2 Å². The van der Waals surface area contributed by atoms with E-state index in [4.69, 9.17) is 4.74 Å². The quantitative estimate of drug-likeness (QED) is 0.797. The third-order valence-corrected chi connectivity index (χ3v) is 6.19. The van der Waals surface area contributed by atoms with Crippen molar-refractivity contribution in [1.82, 2.24) is 9.88 Å². The molecule has 4 rings (SSSR count). The summed E-state index contributed by atoms with van der Waals surface area (Å²) >= 11 is 0. The summed E-state index contributed by atoms with van der Waals surface area (Å²) in [5.74, 6) is 1.31. The molecule has 0 bridgehead atoms. The predicted molar refractivity (Wildman–Crippen MR) is 121 cm³/mol. The van der Waals surface area contributed by atoms with Gasteiger partial charge in [0.1, 0.15) is 11.6 Å². The SMILES string of the molecule is COc1ccccc1NC(=O)C1CCN(C(=O)c2cccnc2N2CCCCC2)CC1. The number of piperidine rings is 2. The van der Waals surface area contributed by atoms with E-state index in [1.54, 1.807) is 13.3 Å². The van der Waals surface area contributed by atoms with Crippen molar-refractivity contribution < 1.29 is 14.3 Å². The van der Waals surface area contributed by atoms with Gasteiger partial charge in [-0.2, -0.15) is 0 Å². The zero-order valence-corrected chi connectivity index (χ0v) is 18.0. The number of rotatable bonds is 5. The Balaban J connectivity index is 1.38. The summed E-state index contributed by atoms with van der Waals surface area (Å²) in [6, 6.07) is 11.1. The molecule has 0 unspecified atom stereocenters. The number of carbonyl (C=O) groups excluding carboxylic acids is 2. The first-order valence-electron chi connectivity index (χ1n) is 11.1. The van der Waals surface area contributed by atoms with Crippen molar-refractivity contribution in [3.63, 3.8) is 0 Å². The number of hydrogen-bond acceptors (Lipinski definition) is 5. The van der Waals surface area contributed by atoms with Gasteiger partial charge in [0.25, 0.3) is 5.91 Å². The molecule has 1 aromatic carbocycles. The molecule has 2 aliphatic heterocycles. The lowest BCUT2D eigenvalue weighted by atomic mass is 9.95. The van der Waals surface area contributed by atoms with Crippen LogP contribution in [0.1, 0.15) is 42.5 Å². The Kier molecular flexibility index (Phi) is 6.70. The second-order valence-corrected chi connectivity index (χ2v) is 8.18. The summed E-state index contributed by atoms with van der Waals surface area (Å²) in [5.41, 5.74) is 1.34. The van der Waals surface area contributed by atoms with Crippen LogP contribution in [0.4, 0.5) is 11.5 Å². The van der Waals surface area contributed by atoms with Crippen LogP contribution >= 0.6 is 0 Å². The minimum absolute atomic E-state index is 0.0114. The summed E-state index contributed by atoms with van der Waals surface area (Å²) < 4.78 is 5.31. The molecule has 0 radical (unpaired) electrons. The first-order valence-corrected chi connectivity index (χ1v) is 11.1. The molecule has 2 amide bonds. The summed E-state index contributed by atoms with van der Waals surface area (Å²) in [4.78, 5) is 34.6. The number of pyridine rings is 1. The average Bonchev–Trinajstić information content (AvgIpc) is 2.84. The fourth-order valence-electron chi connectivity index (χ4n) is 4.42. The van der Waals surface area contributed by atoms with Crippen molar-refractivity contribution in [1.29, 1.82) is 0 Å². The Morgan fingerprint density at radius 1 is 1.00 bits per heavy atom. The molecule has 2 aliphatic rings. The van der Waals surface area contributed by atoms with Gasteiger partial charge in [0, 0.05) is 38.3 Å². The number of anilines is 2. The summed E-state index contributed by atoms with van der Waals surface area (Å²) in [6.07, 6.45) is 6.55. The second kappa shape index (κ2) is 9.81. The van der Waals surface area contributed by atoms with Gasteiger partial charge in [-0.1, -0.05) is 12.1 Å². The maximum Gasteiger partial charge on any atom is 0.257 e. The number of ether oxygens (including phenoxy) is 1. The van der Waals surface area contributed by atoms with Crippen LogP contribution in [0.5, 0.6) is 5.75 Å². The molecule has 7 nitrogen and oxygen atoms in total. The van der Waals surface area contributed by atoms with E-state index in [9.17, 15) is 9.59 Å². The topological polar surface area (TPSA) is 74.8 Å². The minimum atomic E-state index is -0.121. The van der Waals surface area contributed by atoms with Crippen LogP contribution < -0.4 is 15.0 Å². The second-order valence-electron chi connectivity index (χ2n) is 8.18. The normalized spacial score (nSPS) is 17.3. The van der Waals surface area contributed by atoms with Crippen molar-refractivity contribution in [2.24, 2.45) is 5.92 Å². The molecular weight excluding hydrogens is 392 g/mol. The molecule has 0 aliphatic carbocycles. The van der Waals surface area contributed by atoms with Crippen LogP contribution in [-0.2, 0) is 4.79 Å². The average molecular weight is 423 g/mol. The van der Waals surface area contributed by atoms with E-state index in [0.29, 0.717) is 42.9 Å². The number of likely N-dealkylation sites (tertiary alicyclic amines) is 1. The van der Waals surface area contributed by atoms with Crippen LogP contribution in [-0.4, -0.2) is 55.0 Å². The number of para-hydroxylation sites is 2. The number of nitrogens with one attached hydrogen (secondary N) is 1. The van der Waals surface area contributed by atoms with Crippen LogP contribution in [0.25, 0.3) is 0 Å². The molecule has 2 saturated heterocycles. The molecule has 31 heavy (non-hydrogen) atoms. The molecule has 0 saturated carbocycles. The number of benzene rings is 1. The Morgan fingerprint density at radius 3 is 2.48 bits per heavy atom. The van der Waals surface area contributed by atoms with Gasteiger partial charge in [-0.15, -0.1) is 0 Å². The molecule has 1 N–H and O–H groups in total. The van der Waals surface area contributed by atoms with Crippen molar-refractivity contribution in [3.05, 3.63) is 48.2 Å². The maximum atomic E-state index is 13.3. The van der Waals surface area contributed by atoms with Crippen molar-refractivity contribution in [3.8, 4) is 5.75 Å². The van der Waals surface area contributed by atoms with Crippen LogP contribution in [0.15, 0.2) is 42.6 Å². The maximum absolute atomic E-state index is 13.3. The number of amides is 2. The zero-order valence-electron chi connectivity index (χ0n) is 18.0. The molecule has 2 aromatic rings. The fourth-order valence-corrected chi connectivity index (χ4v) is 4.42. The van der Waals surface area contributed by atoms with Gasteiger partial charge in [0.15, 0.2) is 0 Å². The van der Waals surface area contributed by atoms with Crippen LogP contribution in [0.2, 0.25) is 0 Å². The molecule has 0 spiro atoms. The van der Waals surface area contributed by atoms with E-state index in [1.807, 2.05) is 41.3 Å². The van der Waals surface area contributed by atoms with E-state index < -0.39 is 0 Å². The fraction of sp³-hybridized carbons (Fsp3) is 0.458. The van der Waals surface area contributed by atoms with E-state index in [-0.39, 0.29) is 17.7 Å². The third-order valence-electron chi connectivity index (χ3n) is 6.19. The third kappa shape index (κ3) is 4.81. The Labute approximate surface area is 183 Å². The number of nitrogens with zero attached hydrogens (tertiary/aromatic N) is 3. The molecule has 2 fully saturated rings. The Hall–Kier alpha value is -3.09. The first-order chi connectivity index (χ1) is 15.2. The van der Waals surface area contributed by atoms with Gasteiger partial charge in [-0.3, -0.25) is 9.59 Å². The largest absolute Gasteiger partial charge is 0.495 e. The number of aromatic nitrogens is 1. The monoisotopic (exact) mass is 422 g/mol. The van der Waals surface area contributed by atoms with Crippen molar-refractivity contribution in [2.45, 2.75) is 32.1 Å². The summed E-state index contributed by atoms with van der Waals surface area (Å²) in [6.45, 7) is 3.03.